The number of hydrogen-bond acceptors (Lipinski definition) is 5. The number of thiazole rings is 1. The van der Waals surface area contributed by atoms with E-state index in [9.17, 15) is 4.79 Å². The van der Waals surface area contributed by atoms with Gasteiger partial charge in [0.2, 0.25) is 0 Å². The van der Waals surface area contributed by atoms with E-state index in [1.165, 1.54) is 19.3 Å². The van der Waals surface area contributed by atoms with Crippen molar-refractivity contribution in [1.82, 2.24) is 15.2 Å². The fourth-order valence-electron chi connectivity index (χ4n) is 5.13. The molecule has 31 heavy (non-hydrogen) atoms. The highest BCUT2D eigenvalue weighted by atomic mass is 35.5. The molecule has 2 bridgehead atoms. The molecule has 1 aromatic heterocycles. The van der Waals surface area contributed by atoms with Crippen LogP contribution in [0.3, 0.4) is 0 Å². The van der Waals surface area contributed by atoms with E-state index in [0.717, 1.165) is 39.6 Å². The molecule has 5 rings (SSSR count). The molecule has 2 aromatic carbocycles. The van der Waals surface area contributed by atoms with Crippen molar-refractivity contribution >= 4 is 39.1 Å². The number of rotatable bonds is 5. The fraction of sp³-hybridized carbons (Fsp3) is 0.417. The van der Waals surface area contributed by atoms with E-state index in [2.05, 4.69) is 16.3 Å². The van der Waals surface area contributed by atoms with E-state index >= 15 is 0 Å². The molecular formula is C24H26ClN3O2S. The van der Waals surface area contributed by atoms with E-state index in [0.29, 0.717) is 23.4 Å². The average molecular weight is 456 g/mol. The summed E-state index contributed by atoms with van der Waals surface area (Å²) in [7, 11) is 1.60. The Balaban J connectivity index is 1.29. The summed E-state index contributed by atoms with van der Waals surface area (Å²) in [5.74, 6) is 0.571. The highest BCUT2D eigenvalue weighted by molar-refractivity contribution is 7.18. The molecule has 2 atom stereocenters. The molecule has 3 aromatic rings. The van der Waals surface area contributed by atoms with Gasteiger partial charge in [-0.3, -0.25) is 9.69 Å². The number of piperidine rings is 2. The molecule has 2 aliphatic heterocycles. The zero-order valence-corrected chi connectivity index (χ0v) is 19.1. The van der Waals surface area contributed by atoms with Crippen molar-refractivity contribution < 1.29 is 9.53 Å². The van der Waals surface area contributed by atoms with Crippen LogP contribution in [0.5, 0.6) is 5.75 Å². The molecule has 0 aliphatic carbocycles. The number of benzene rings is 2. The summed E-state index contributed by atoms with van der Waals surface area (Å²) in [4.78, 5) is 20.3. The Labute approximate surface area is 191 Å². The third kappa shape index (κ3) is 4.16. The number of aromatic nitrogens is 1. The Morgan fingerprint density at radius 1 is 1.19 bits per heavy atom. The molecule has 0 spiro atoms. The maximum absolute atomic E-state index is 12.9. The standard InChI is InChI=1S/C24H26ClN3O2S/c1-30-20-10-3-2-8-18(20)24(29)26-15-12-16-6-4-7-17(13-15)28(16)14-22-27-23-19(25)9-5-11-21(23)31-22/h2-3,5,8-11,15-17H,4,6-7,12-14H2,1H3,(H,26,29). The summed E-state index contributed by atoms with van der Waals surface area (Å²) in [5.41, 5.74) is 1.51. The number of para-hydroxylation sites is 2. The normalized spacial score (nSPS) is 23.6. The number of fused-ring (bicyclic) bond motifs is 3. The van der Waals surface area contributed by atoms with Crippen LogP contribution in [-0.4, -0.2) is 41.0 Å². The van der Waals surface area contributed by atoms with Gasteiger partial charge in [-0.05, 0) is 49.9 Å². The molecule has 2 saturated heterocycles. The van der Waals surface area contributed by atoms with Gasteiger partial charge in [0.1, 0.15) is 16.3 Å². The van der Waals surface area contributed by atoms with Crippen LogP contribution >= 0.6 is 22.9 Å². The summed E-state index contributed by atoms with van der Waals surface area (Å²) in [6, 6.07) is 14.5. The van der Waals surface area contributed by atoms with Crippen LogP contribution in [0.4, 0.5) is 0 Å². The van der Waals surface area contributed by atoms with Gasteiger partial charge in [0, 0.05) is 18.1 Å². The van der Waals surface area contributed by atoms with Crippen LogP contribution in [-0.2, 0) is 6.54 Å². The van der Waals surface area contributed by atoms with Gasteiger partial charge in [-0.1, -0.05) is 36.2 Å². The first-order valence-electron chi connectivity index (χ1n) is 10.9. The van der Waals surface area contributed by atoms with Crippen LogP contribution < -0.4 is 10.1 Å². The monoisotopic (exact) mass is 455 g/mol. The first-order chi connectivity index (χ1) is 15.1. The lowest BCUT2D eigenvalue weighted by atomic mass is 9.81. The molecule has 1 N–H and O–H groups in total. The predicted molar refractivity (Wildman–Crippen MR) is 125 cm³/mol. The van der Waals surface area contributed by atoms with Crippen molar-refractivity contribution in [3.05, 3.63) is 58.1 Å². The average Bonchev–Trinajstić information content (AvgIpc) is 3.18. The molecule has 0 radical (unpaired) electrons. The van der Waals surface area contributed by atoms with Crippen molar-refractivity contribution in [3.63, 3.8) is 0 Å². The quantitative estimate of drug-likeness (QED) is 0.569. The number of ether oxygens (including phenoxy) is 1. The third-order valence-corrected chi connectivity index (χ3v) is 7.85. The summed E-state index contributed by atoms with van der Waals surface area (Å²) < 4.78 is 6.51. The fourth-order valence-corrected chi connectivity index (χ4v) is 6.41. The van der Waals surface area contributed by atoms with Crippen LogP contribution in [0.2, 0.25) is 5.02 Å². The van der Waals surface area contributed by atoms with Gasteiger partial charge in [0.05, 0.1) is 28.9 Å². The maximum Gasteiger partial charge on any atom is 0.255 e. The lowest BCUT2D eigenvalue weighted by Gasteiger charge is -2.48. The Hall–Kier alpha value is -2.15. The smallest absolute Gasteiger partial charge is 0.255 e. The van der Waals surface area contributed by atoms with Gasteiger partial charge < -0.3 is 10.1 Å². The summed E-state index contributed by atoms with van der Waals surface area (Å²) in [5, 5.41) is 5.12. The molecule has 7 heteroatoms. The first-order valence-corrected chi connectivity index (χ1v) is 12.1. The van der Waals surface area contributed by atoms with Crippen molar-refractivity contribution in [2.24, 2.45) is 0 Å². The van der Waals surface area contributed by atoms with Crippen LogP contribution in [0, 0.1) is 0 Å². The Bertz CT molecular complexity index is 1090. The zero-order chi connectivity index (χ0) is 21.4. The minimum absolute atomic E-state index is 0.0465. The lowest BCUT2D eigenvalue weighted by molar-refractivity contribution is 0.0176. The topological polar surface area (TPSA) is 54.5 Å². The van der Waals surface area contributed by atoms with Crippen LogP contribution in [0.25, 0.3) is 10.2 Å². The van der Waals surface area contributed by atoms with Gasteiger partial charge in [-0.25, -0.2) is 4.98 Å². The van der Waals surface area contributed by atoms with Crippen molar-refractivity contribution in [2.75, 3.05) is 7.11 Å². The van der Waals surface area contributed by atoms with Crippen LogP contribution in [0.15, 0.2) is 42.5 Å². The Morgan fingerprint density at radius 2 is 1.97 bits per heavy atom. The Morgan fingerprint density at radius 3 is 2.71 bits per heavy atom. The number of nitrogens with zero attached hydrogens (tertiary/aromatic N) is 2. The van der Waals surface area contributed by atoms with E-state index in [1.54, 1.807) is 18.4 Å². The summed E-state index contributed by atoms with van der Waals surface area (Å²) >= 11 is 8.07. The molecule has 0 saturated carbocycles. The van der Waals surface area contributed by atoms with Gasteiger partial charge in [-0.15, -0.1) is 11.3 Å². The van der Waals surface area contributed by atoms with E-state index in [4.69, 9.17) is 21.3 Å². The SMILES string of the molecule is COc1ccccc1C(=O)NC1CC2CCCC(C1)N2Cc1nc2c(Cl)cccc2s1. The molecule has 2 fully saturated rings. The van der Waals surface area contributed by atoms with Gasteiger partial charge in [-0.2, -0.15) is 0 Å². The Kier molecular flexibility index (Phi) is 5.87. The minimum atomic E-state index is -0.0465. The molecule has 162 valence electrons. The number of carbonyl (C=O) groups is 1. The van der Waals surface area contributed by atoms with E-state index < -0.39 is 0 Å². The lowest BCUT2D eigenvalue weighted by Crippen LogP contribution is -2.56. The van der Waals surface area contributed by atoms with Crippen molar-refractivity contribution in [3.8, 4) is 5.75 Å². The highest BCUT2D eigenvalue weighted by Gasteiger charge is 2.39. The van der Waals surface area contributed by atoms with E-state index in [1.807, 2.05) is 36.4 Å². The molecule has 5 nitrogen and oxygen atoms in total. The molecule has 1 amide bonds. The summed E-state index contributed by atoms with van der Waals surface area (Å²) in [6.07, 6.45) is 5.54. The van der Waals surface area contributed by atoms with Crippen LogP contribution in [0.1, 0.15) is 47.5 Å². The number of hydrogen-bond donors (Lipinski definition) is 1. The number of amides is 1. The van der Waals surface area contributed by atoms with E-state index in [-0.39, 0.29) is 11.9 Å². The zero-order valence-electron chi connectivity index (χ0n) is 17.5. The van der Waals surface area contributed by atoms with Gasteiger partial charge in [0.25, 0.3) is 5.91 Å². The van der Waals surface area contributed by atoms with Crippen molar-refractivity contribution in [2.45, 2.75) is 56.8 Å². The third-order valence-electron chi connectivity index (χ3n) is 6.54. The maximum atomic E-state index is 12.9. The number of halogens is 1. The van der Waals surface area contributed by atoms with Gasteiger partial charge >= 0.3 is 0 Å². The van der Waals surface area contributed by atoms with Gasteiger partial charge in [0.15, 0.2) is 0 Å². The first kappa shape index (κ1) is 20.7. The summed E-state index contributed by atoms with van der Waals surface area (Å²) in [6.45, 7) is 0.859. The molecule has 2 aliphatic rings. The predicted octanol–water partition coefficient (Wildman–Crippen LogP) is 5.27. The second kappa shape index (κ2) is 8.77. The number of methoxy groups -OCH3 is 1. The second-order valence-electron chi connectivity index (χ2n) is 8.45. The molecule has 3 heterocycles. The second-order valence-corrected chi connectivity index (χ2v) is 9.97. The minimum Gasteiger partial charge on any atom is -0.496 e. The molecule has 2 unspecified atom stereocenters. The molecular weight excluding hydrogens is 430 g/mol. The largest absolute Gasteiger partial charge is 0.496 e. The highest BCUT2D eigenvalue weighted by Crippen LogP contribution is 2.37. The number of nitrogens with one attached hydrogen (secondary N) is 1. The number of carbonyl (C=O) groups excluding carboxylic acids is 1. The van der Waals surface area contributed by atoms with Crippen molar-refractivity contribution in [1.29, 1.82) is 0 Å².